The van der Waals surface area contributed by atoms with Crippen LogP contribution < -0.4 is 10.5 Å². The summed E-state index contributed by atoms with van der Waals surface area (Å²) in [5.74, 6) is 0.424. The van der Waals surface area contributed by atoms with Crippen molar-refractivity contribution in [3.63, 3.8) is 0 Å². The number of rotatable bonds is 8. The standard InChI is InChI=1S/C21H28N2O4S/c1-4-5-12-27-21(24)23-28(25,26)20-11-6-16(13-15(2)3)14-19(20)17-7-9-18(22)10-8-17/h6-11,14-15H,4-5,12-13,22H2,1-3H3,(H,23,24). The van der Waals surface area contributed by atoms with Gasteiger partial charge in [-0.3, -0.25) is 0 Å². The molecule has 0 fully saturated rings. The van der Waals surface area contributed by atoms with Crippen LogP contribution in [-0.2, 0) is 21.2 Å². The van der Waals surface area contributed by atoms with Gasteiger partial charge in [0.15, 0.2) is 0 Å². The van der Waals surface area contributed by atoms with Crippen LogP contribution in [0.5, 0.6) is 0 Å². The van der Waals surface area contributed by atoms with Gasteiger partial charge in [-0.2, -0.15) is 0 Å². The second-order valence-electron chi connectivity index (χ2n) is 7.15. The summed E-state index contributed by atoms with van der Waals surface area (Å²) in [6.45, 7) is 6.33. The Labute approximate surface area is 167 Å². The number of carbonyl (C=O) groups excluding carboxylic acids is 1. The Kier molecular flexibility index (Phi) is 7.45. The number of carbonyl (C=O) groups is 1. The van der Waals surface area contributed by atoms with Gasteiger partial charge in [-0.25, -0.2) is 17.9 Å². The Morgan fingerprint density at radius 2 is 1.82 bits per heavy atom. The molecule has 0 radical (unpaired) electrons. The van der Waals surface area contributed by atoms with Crippen LogP contribution in [0.15, 0.2) is 47.4 Å². The minimum atomic E-state index is -4.09. The Morgan fingerprint density at radius 1 is 1.14 bits per heavy atom. The third kappa shape index (κ3) is 5.99. The number of hydrogen-bond donors (Lipinski definition) is 2. The van der Waals surface area contributed by atoms with E-state index in [0.29, 0.717) is 29.2 Å². The van der Waals surface area contributed by atoms with Crippen LogP contribution in [0.4, 0.5) is 10.5 Å². The monoisotopic (exact) mass is 404 g/mol. The van der Waals surface area contributed by atoms with Crippen LogP contribution in [-0.4, -0.2) is 21.1 Å². The second-order valence-corrected chi connectivity index (χ2v) is 8.80. The third-order valence-electron chi connectivity index (χ3n) is 4.15. The molecule has 0 aliphatic carbocycles. The van der Waals surface area contributed by atoms with Crippen molar-refractivity contribution in [2.24, 2.45) is 5.92 Å². The number of benzene rings is 2. The van der Waals surface area contributed by atoms with Crippen molar-refractivity contribution in [3.8, 4) is 11.1 Å². The van der Waals surface area contributed by atoms with Crippen molar-refractivity contribution in [3.05, 3.63) is 48.0 Å². The van der Waals surface area contributed by atoms with Gasteiger partial charge in [-0.05, 0) is 54.2 Å². The smallest absolute Gasteiger partial charge is 0.421 e. The highest BCUT2D eigenvalue weighted by molar-refractivity contribution is 7.90. The summed E-state index contributed by atoms with van der Waals surface area (Å²) in [6.07, 6.45) is 1.37. The van der Waals surface area contributed by atoms with E-state index in [-0.39, 0.29) is 11.5 Å². The molecule has 152 valence electrons. The largest absolute Gasteiger partial charge is 0.449 e. The number of hydrogen-bond acceptors (Lipinski definition) is 5. The number of unbranched alkanes of at least 4 members (excludes halogenated alkanes) is 1. The van der Waals surface area contributed by atoms with Gasteiger partial charge in [-0.15, -0.1) is 0 Å². The molecule has 0 saturated carbocycles. The predicted octanol–water partition coefficient (Wildman–Crippen LogP) is 4.35. The molecular weight excluding hydrogens is 376 g/mol. The first-order chi connectivity index (χ1) is 13.2. The minimum absolute atomic E-state index is 0.0252. The summed E-state index contributed by atoms with van der Waals surface area (Å²) in [7, 11) is -4.09. The second kappa shape index (κ2) is 9.59. The zero-order valence-corrected chi connectivity index (χ0v) is 17.4. The highest BCUT2D eigenvalue weighted by Gasteiger charge is 2.23. The van der Waals surface area contributed by atoms with Gasteiger partial charge in [0.2, 0.25) is 0 Å². The molecule has 1 amide bonds. The number of ether oxygens (including phenoxy) is 1. The van der Waals surface area contributed by atoms with Crippen molar-refractivity contribution >= 4 is 21.8 Å². The summed E-state index contributed by atoms with van der Waals surface area (Å²) >= 11 is 0. The number of anilines is 1. The average molecular weight is 405 g/mol. The van der Waals surface area contributed by atoms with E-state index < -0.39 is 16.1 Å². The van der Waals surface area contributed by atoms with Crippen molar-refractivity contribution in [2.75, 3.05) is 12.3 Å². The lowest BCUT2D eigenvalue weighted by atomic mass is 9.98. The predicted molar refractivity (Wildman–Crippen MR) is 111 cm³/mol. The highest BCUT2D eigenvalue weighted by Crippen LogP contribution is 2.30. The maximum Gasteiger partial charge on any atom is 0.421 e. The molecular formula is C21H28N2O4S. The molecule has 7 heteroatoms. The fourth-order valence-electron chi connectivity index (χ4n) is 2.80. The Balaban J connectivity index is 2.41. The van der Waals surface area contributed by atoms with Crippen LogP contribution >= 0.6 is 0 Å². The molecule has 28 heavy (non-hydrogen) atoms. The highest BCUT2D eigenvalue weighted by atomic mass is 32.2. The Bertz CT molecular complexity index is 907. The van der Waals surface area contributed by atoms with E-state index in [0.717, 1.165) is 18.4 Å². The molecule has 0 bridgehead atoms. The van der Waals surface area contributed by atoms with Crippen LogP contribution in [0.1, 0.15) is 39.2 Å². The van der Waals surface area contributed by atoms with Gasteiger partial charge >= 0.3 is 6.09 Å². The maximum absolute atomic E-state index is 12.8. The summed E-state index contributed by atoms with van der Waals surface area (Å²) in [6, 6.07) is 12.1. The quantitative estimate of drug-likeness (QED) is 0.503. The van der Waals surface area contributed by atoms with Crippen LogP contribution in [0, 0.1) is 5.92 Å². The molecule has 0 heterocycles. The van der Waals surface area contributed by atoms with Crippen molar-refractivity contribution in [1.29, 1.82) is 0 Å². The molecule has 0 spiro atoms. The van der Waals surface area contributed by atoms with Crippen molar-refractivity contribution in [1.82, 2.24) is 4.72 Å². The molecule has 0 aliphatic rings. The Morgan fingerprint density at radius 3 is 2.43 bits per heavy atom. The van der Waals surface area contributed by atoms with Crippen LogP contribution in [0.25, 0.3) is 11.1 Å². The normalized spacial score (nSPS) is 11.4. The molecule has 0 unspecified atom stereocenters. The summed E-state index contributed by atoms with van der Waals surface area (Å²) in [5.41, 5.74) is 8.59. The first kappa shape index (κ1) is 21.8. The molecule has 2 aromatic carbocycles. The SMILES string of the molecule is CCCCOC(=O)NS(=O)(=O)c1ccc(CC(C)C)cc1-c1ccc(N)cc1. The topological polar surface area (TPSA) is 98.5 Å². The van der Waals surface area contributed by atoms with E-state index in [4.69, 9.17) is 10.5 Å². The molecule has 0 aliphatic heterocycles. The van der Waals surface area contributed by atoms with Gasteiger partial charge in [0.05, 0.1) is 11.5 Å². The number of nitrogens with two attached hydrogens (primary N) is 1. The van der Waals surface area contributed by atoms with Crippen molar-refractivity contribution in [2.45, 2.75) is 44.9 Å². The average Bonchev–Trinajstić information content (AvgIpc) is 2.61. The molecule has 2 rings (SSSR count). The number of nitrogens with one attached hydrogen (secondary N) is 1. The van der Waals surface area contributed by atoms with E-state index in [1.807, 2.05) is 17.7 Å². The molecule has 3 N–H and O–H groups in total. The third-order valence-corrected chi connectivity index (χ3v) is 5.52. The molecule has 0 aromatic heterocycles. The zero-order chi connectivity index (χ0) is 20.7. The number of amides is 1. The van der Waals surface area contributed by atoms with Gasteiger partial charge in [0.25, 0.3) is 10.0 Å². The lowest BCUT2D eigenvalue weighted by Gasteiger charge is -2.15. The van der Waals surface area contributed by atoms with E-state index in [1.54, 1.807) is 30.3 Å². The maximum atomic E-state index is 12.8. The van der Waals surface area contributed by atoms with E-state index in [2.05, 4.69) is 13.8 Å². The van der Waals surface area contributed by atoms with Crippen molar-refractivity contribution < 1.29 is 17.9 Å². The first-order valence-corrected chi connectivity index (χ1v) is 10.9. The lowest BCUT2D eigenvalue weighted by molar-refractivity contribution is 0.151. The van der Waals surface area contributed by atoms with Gasteiger partial charge < -0.3 is 10.5 Å². The summed E-state index contributed by atoms with van der Waals surface area (Å²) in [4.78, 5) is 11.9. The number of sulfonamides is 1. The zero-order valence-electron chi connectivity index (χ0n) is 16.6. The van der Waals surface area contributed by atoms with Crippen LogP contribution in [0.2, 0.25) is 0 Å². The van der Waals surface area contributed by atoms with E-state index >= 15 is 0 Å². The summed E-state index contributed by atoms with van der Waals surface area (Å²) in [5, 5.41) is 0. The Hall–Kier alpha value is -2.54. The molecule has 0 atom stereocenters. The fraction of sp³-hybridized carbons (Fsp3) is 0.381. The minimum Gasteiger partial charge on any atom is -0.449 e. The summed E-state index contributed by atoms with van der Waals surface area (Å²) < 4.78 is 32.6. The van der Waals surface area contributed by atoms with E-state index in [1.165, 1.54) is 6.07 Å². The lowest BCUT2D eigenvalue weighted by Crippen LogP contribution is -2.31. The van der Waals surface area contributed by atoms with E-state index in [9.17, 15) is 13.2 Å². The molecule has 2 aromatic rings. The van der Waals surface area contributed by atoms with Gasteiger partial charge in [0, 0.05) is 11.3 Å². The van der Waals surface area contributed by atoms with Crippen LogP contribution in [0.3, 0.4) is 0 Å². The fourth-order valence-corrected chi connectivity index (χ4v) is 3.90. The first-order valence-electron chi connectivity index (χ1n) is 9.41. The molecule has 0 saturated heterocycles. The van der Waals surface area contributed by atoms with Gasteiger partial charge in [0.1, 0.15) is 0 Å². The molecule has 6 nitrogen and oxygen atoms in total. The van der Waals surface area contributed by atoms with Gasteiger partial charge in [-0.1, -0.05) is 45.4 Å². The number of nitrogen functional groups attached to an aromatic ring is 1.